The molecule has 0 aromatic heterocycles. The molecule has 0 heterocycles. The zero-order valence-corrected chi connectivity index (χ0v) is 28.6. The van der Waals surface area contributed by atoms with E-state index in [2.05, 4.69) is 51.2 Å². The van der Waals surface area contributed by atoms with Crippen molar-refractivity contribution in [1.82, 2.24) is 0 Å². The van der Waals surface area contributed by atoms with Gasteiger partial charge in [-0.1, -0.05) is 145 Å². The van der Waals surface area contributed by atoms with Crippen LogP contribution in [0, 0.1) is 5.92 Å². The monoisotopic (exact) mass is 628 g/mol. The van der Waals surface area contributed by atoms with Crippen LogP contribution in [-0.4, -0.2) is 47.6 Å². The summed E-state index contributed by atoms with van der Waals surface area (Å²) in [7, 11) is 0. The minimum Gasteiger partial charge on any atom is -0.462 e. The number of allylic oxidation sites excluding steroid dienone is 10. The maximum absolute atomic E-state index is 12.1. The molecule has 6 heteroatoms. The number of aliphatic hydroxyl groups is 2. The van der Waals surface area contributed by atoms with Crippen molar-refractivity contribution < 1.29 is 29.3 Å². The molecule has 0 rings (SSSR count). The highest BCUT2D eigenvalue weighted by Crippen LogP contribution is 2.13. The lowest BCUT2D eigenvalue weighted by atomic mass is 10.0. The van der Waals surface area contributed by atoms with Crippen molar-refractivity contribution in [2.24, 2.45) is 5.92 Å². The van der Waals surface area contributed by atoms with Gasteiger partial charge < -0.3 is 19.7 Å². The maximum Gasteiger partial charge on any atom is 0.306 e. The van der Waals surface area contributed by atoms with Crippen molar-refractivity contribution >= 4 is 11.9 Å². The van der Waals surface area contributed by atoms with Gasteiger partial charge >= 0.3 is 11.9 Å². The molecule has 0 saturated heterocycles. The van der Waals surface area contributed by atoms with Crippen molar-refractivity contribution in [2.75, 3.05) is 13.2 Å². The number of rotatable bonds is 29. The molecular formula is C39H64O6. The summed E-state index contributed by atoms with van der Waals surface area (Å²) in [5.74, 6) is 0.0656. The quantitative estimate of drug-likeness (QED) is 0.0371. The molecule has 0 aliphatic carbocycles. The fourth-order valence-corrected chi connectivity index (χ4v) is 4.38. The van der Waals surface area contributed by atoms with E-state index in [-0.39, 0.29) is 25.6 Å². The van der Waals surface area contributed by atoms with Gasteiger partial charge in [-0.05, 0) is 50.9 Å². The summed E-state index contributed by atoms with van der Waals surface area (Å²) in [6, 6.07) is 0. The van der Waals surface area contributed by atoms with Crippen LogP contribution >= 0.6 is 0 Å². The summed E-state index contributed by atoms with van der Waals surface area (Å²) in [5, 5.41) is 19.4. The Bertz CT molecular complexity index is 880. The third kappa shape index (κ3) is 32.5. The summed E-state index contributed by atoms with van der Waals surface area (Å²) in [5.41, 5.74) is 0. The predicted octanol–water partition coefficient (Wildman–Crippen LogP) is 9.44. The highest BCUT2D eigenvalue weighted by Gasteiger charge is 2.15. The van der Waals surface area contributed by atoms with E-state index in [1.807, 2.05) is 36.5 Å². The van der Waals surface area contributed by atoms with Gasteiger partial charge in [-0.3, -0.25) is 9.59 Å². The summed E-state index contributed by atoms with van der Waals surface area (Å²) in [6.07, 6.45) is 38.6. The van der Waals surface area contributed by atoms with Gasteiger partial charge in [-0.2, -0.15) is 0 Å². The molecule has 0 bridgehead atoms. The smallest absolute Gasteiger partial charge is 0.306 e. The average molecular weight is 629 g/mol. The Balaban J connectivity index is 3.85. The summed E-state index contributed by atoms with van der Waals surface area (Å²) in [6.45, 7) is 6.16. The third-order valence-electron chi connectivity index (χ3n) is 7.04. The van der Waals surface area contributed by atoms with E-state index < -0.39 is 18.2 Å². The number of aliphatic hydroxyl groups excluding tert-OH is 2. The van der Waals surface area contributed by atoms with Crippen LogP contribution in [0.15, 0.2) is 72.9 Å². The van der Waals surface area contributed by atoms with E-state index >= 15 is 0 Å². The molecule has 6 nitrogen and oxygen atoms in total. The fourth-order valence-electron chi connectivity index (χ4n) is 4.38. The lowest BCUT2D eigenvalue weighted by Gasteiger charge is -2.15. The molecule has 0 saturated carbocycles. The van der Waals surface area contributed by atoms with Gasteiger partial charge in [-0.25, -0.2) is 0 Å². The first-order valence-corrected chi connectivity index (χ1v) is 17.5. The first-order valence-electron chi connectivity index (χ1n) is 17.5. The predicted molar refractivity (Wildman–Crippen MR) is 188 cm³/mol. The topological polar surface area (TPSA) is 93.1 Å². The molecule has 1 unspecified atom stereocenters. The Hall–Kier alpha value is -2.70. The van der Waals surface area contributed by atoms with Gasteiger partial charge in [0.05, 0.1) is 12.7 Å². The van der Waals surface area contributed by atoms with Crippen molar-refractivity contribution in [1.29, 1.82) is 0 Å². The van der Waals surface area contributed by atoms with Crippen LogP contribution < -0.4 is 0 Å². The van der Waals surface area contributed by atoms with E-state index in [9.17, 15) is 19.8 Å². The highest BCUT2D eigenvalue weighted by molar-refractivity contribution is 5.70. The molecule has 0 spiro atoms. The molecule has 0 aromatic carbocycles. The number of esters is 2. The normalized spacial score (nSPS) is 13.9. The van der Waals surface area contributed by atoms with Crippen LogP contribution in [0.4, 0.5) is 0 Å². The Morgan fingerprint density at radius 3 is 1.96 bits per heavy atom. The maximum atomic E-state index is 12.1. The molecule has 45 heavy (non-hydrogen) atoms. The average Bonchev–Trinajstić information content (AvgIpc) is 3.02. The molecule has 0 amide bonds. The van der Waals surface area contributed by atoms with E-state index in [0.29, 0.717) is 19.3 Å². The molecule has 2 atom stereocenters. The van der Waals surface area contributed by atoms with Gasteiger partial charge in [0, 0.05) is 12.8 Å². The summed E-state index contributed by atoms with van der Waals surface area (Å²) < 4.78 is 10.5. The molecule has 0 aromatic rings. The Morgan fingerprint density at radius 2 is 1.29 bits per heavy atom. The van der Waals surface area contributed by atoms with Gasteiger partial charge in [0.25, 0.3) is 0 Å². The van der Waals surface area contributed by atoms with E-state index in [1.165, 1.54) is 38.5 Å². The van der Waals surface area contributed by atoms with Crippen molar-refractivity contribution in [3.05, 3.63) is 72.9 Å². The lowest BCUT2D eigenvalue weighted by molar-refractivity contribution is -0.161. The van der Waals surface area contributed by atoms with Gasteiger partial charge in [0.2, 0.25) is 0 Å². The first kappa shape index (κ1) is 42.3. The van der Waals surface area contributed by atoms with Crippen molar-refractivity contribution in [3.8, 4) is 0 Å². The molecule has 0 aliphatic heterocycles. The van der Waals surface area contributed by atoms with Crippen LogP contribution in [0.1, 0.15) is 130 Å². The zero-order valence-electron chi connectivity index (χ0n) is 28.6. The fraction of sp³-hybridized carbons (Fsp3) is 0.641. The Morgan fingerprint density at radius 1 is 0.689 bits per heavy atom. The lowest BCUT2D eigenvalue weighted by Crippen LogP contribution is -2.28. The van der Waals surface area contributed by atoms with E-state index in [4.69, 9.17) is 9.47 Å². The number of hydrogen-bond acceptors (Lipinski definition) is 6. The Labute approximate surface area is 275 Å². The van der Waals surface area contributed by atoms with Gasteiger partial charge in [0.1, 0.15) is 6.61 Å². The first-order chi connectivity index (χ1) is 21.9. The number of unbranched alkanes of at least 4 members (excludes halogenated alkanes) is 7. The standard InChI is InChI=1S/C39H64O6/c1-4-5-6-7-19-24-29-36(41)30-25-20-15-10-8-9-11-17-22-27-32-39(43)45-37(33-40)34-44-38(42)31-26-21-16-13-12-14-18-23-28-35(2)3/h5-6,8-9,15,17,19-20,22,24-25,30,35-37,40-41H,4,7,10-14,16,18,21,23,26-29,31-34H2,1-3H3/b6-5-,9-8-,20-15-,22-17-,24-19-,30-25+/t36?,37-/m0/s1. The van der Waals surface area contributed by atoms with Crippen LogP contribution in [-0.2, 0) is 19.1 Å². The number of ether oxygens (including phenoxy) is 2. The van der Waals surface area contributed by atoms with Crippen LogP contribution in [0.5, 0.6) is 0 Å². The molecule has 0 fully saturated rings. The summed E-state index contributed by atoms with van der Waals surface area (Å²) in [4.78, 5) is 24.1. The minimum atomic E-state index is -0.829. The third-order valence-corrected chi connectivity index (χ3v) is 7.04. The van der Waals surface area contributed by atoms with Crippen molar-refractivity contribution in [2.45, 2.75) is 142 Å². The second-order valence-electron chi connectivity index (χ2n) is 11.9. The molecule has 256 valence electrons. The number of carbonyl (C=O) groups excluding carboxylic acids is 2. The van der Waals surface area contributed by atoms with Crippen molar-refractivity contribution in [3.63, 3.8) is 0 Å². The highest BCUT2D eigenvalue weighted by atomic mass is 16.6. The zero-order chi connectivity index (χ0) is 33.2. The van der Waals surface area contributed by atoms with Crippen LogP contribution in [0.3, 0.4) is 0 Å². The van der Waals surface area contributed by atoms with Gasteiger partial charge in [0.15, 0.2) is 6.10 Å². The molecular weight excluding hydrogens is 564 g/mol. The number of hydrogen-bond donors (Lipinski definition) is 2. The largest absolute Gasteiger partial charge is 0.462 e. The number of carbonyl (C=O) groups is 2. The summed E-state index contributed by atoms with van der Waals surface area (Å²) >= 11 is 0. The molecule has 0 radical (unpaired) electrons. The van der Waals surface area contributed by atoms with Crippen LogP contribution in [0.2, 0.25) is 0 Å². The van der Waals surface area contributed by atoms with E-state index in [0.717, 1.165) is 50.9 Å². The van der Waals surface area contributed by atoms with Crippen LogP contribution in [0.25, 0.3) is 0 Å². The molecule has 2 N–H and O–H groups in total. The second-order valence-corrected chi connectivity index (χ2v) is 11.9. The Kier molecular flexibility index (Phi) is 30.7. The van der Waals surface area contributed by atoms with Gasteiger partial charge in [-0.15, -0.1) is 0 Å². The molecule has 0 aliphatic rings. The van der Waals surface area contributed by atoms with E-state index in [1.54, 1.807) is 6.08 Å². The second kappa shape index (κ2) is 32.7. The SMILES string of the molecule is CC/C=C\C/C=C\CC(O)/C=C/C=C\C/C=C\C/C=C\CCC(=O)O[C@@H](CO)COC(=O)CCCCCCCCCCC(C)C. The minimum absolute atomic E-state index is 0.114.